The molecule has 1 N–H and O–H groups in total. The first-order chi connectivity index (χ1) is 9.62. The maximum absolute atomic E-state index is 10.7. The Bertz CT molecular complexity index is 643. The first kappa shape index (κ1) is 12.9. The van der Waals surface area contributed by atoms with Gasteiger partial charge in [-0.1, -0.05) is 0 Å². The lowest BCUT2D eigenvalue weighted by atomic mass is 9.80. The van der Waals surface area contributed by atoms with Gasteiger partial charge in [-0.05, 0) is 25.3 Å². The summed E-state index contributed by atoms with van der Waals surface area (Å²) in [5.74, 6) is 0. The molecule has 7 heteroatoms. The van der Waals surface area contributed by atoms with Gasteiger partial charge in [0.1, 0.15) is 5.52 Å². The summed E-state index contributed by atoms with van der Waals surface area (Å²) < 4.78 is 11.0. The van der Waals surface area contributed by atoms with E-state index >= 15 is 0 Å². The number of benzene rings is 1. The molecule has 0 atom stereocenters. The summed E-state index contributed by atoms with van der Waals surface area (Å²) in [6.45, 7) is 0.623. The van der Waals surface area contributed by atoms with Gasteiger partial charge in [0.15, 0.2) is 5.58 Å². The zero-order chi connectivity index (χ0) is 14.2. The number of fused-ring (bicyclic) bond motifs is 1. The first-order valence-corrected chi connectivity index (χ1v) is 6.46. The van der Waals surface area contributed by atoms with Crippen molar-refractivity contribution >= 4 is 22.8 Å². The van der Waals surface area contributed by atoms with Crippen LogP contribution in [0.25, 0.3) is 11.1 Å². The maximum atomic E-state index is 10.7. The number of methoxy groups -OCH3 is 1. The highest BCUT2D eigenvalue weighted by molar-refractivity contribution is 5.77. The smallest absolute Gasteiger partial charge is 0.295 e. The van der Waals surface area contributed by atoms with Crippen LogP contribution in [0.4, 0.5) is 11.7 Å². The zero-order valence-corrected chi connectivity index (χ0v) is 11.1. The summed E-state index contributed by atoms with van der Waals surface area (Å²) in [4.78, 5) is 14.5. The first-order valence-electron chi connectivity index (χ1n) is 6.46. The minimum absolute atomic E-state index is 0.00436. The van der Waals surface area contributed by atoms with E-state index in [4.69, 9.17) is 9.15 Å². The van der Waals surface area contributed by atoms with E-state index in [1.54, 1.807) is 13.2 Å². The Hall–Kier alpha value is -2.15. The van der Waals surface area contributed by atoms with E-state index in [1.807, 2.05) is 0 Å². The Morgan fingerprint density at radius 1 is 1.55 bits per heavy atom. The summed E-state index contributed by atoms with van der Waals surface area (Å²) in [5, 5.41) is 13.8. The molecule has 1 aliphatic rings. The van der Waals surface area contributed by atoms with Crippen LogP contribution in [-0.2, 0) is 4.74 Å². The largest absolute Gasteiger partial charge is 0.424 e. The number of nitro benzene ring substituents is 1. The van der Waals surface area contributed by atoms with Crippen molar-refractivity contribution < 1.29 is 14.1 Å². The number of non-ortho nitro benzene ring substituents is 1. The molecule has 0 spiro atoms. The van der Waals surface area contributed by atoms with Gasteiger partial charge >= 0.3 is 0 Å². The van der Waals surface area contributed by atoms with Crippen LogP contribution in [0, 0.1) is 10.1 Å². The number of hydrogen-bond donors (Lipinski definition) is 1. The minimum Gasteiger partial charge on any atom is -0.424 e. The van der Waals surface area contributed by atoms with Crippen molar-refractivity contribution in [3.8, 4) is 0 Å². The summed E-state index contributed by atoms with van der Waals surface area (Å²) >= 11 is 0. The van der Waals surface area contributed by atoms with Crippen LogP contribution in [0.3, 0.4) is 0 Å². The third-order valence-electron chi connectivity index (χ3n) is 3.84. The Morgan fingerprint density at radius 2 is 2.35 bits per heavy atom. The molecule has 1 aliphatic carbocycles. The molecule has 0 saturated heterocycles. The monoisotopic (exact) mass is 277 g/mol. The van der Waals surface area contributed by atoms with Crippen molar-refractivity contribution in [3.63, 3.8) is 0 Å². The van der Waals surface area contributed by atoms with Crippen molar-refractivity contribution in [1.82, 2.24) is 4.98 Å². The number of aromatic nitrogens is 1. The molecule has 0 bridgehead atoms. The van der Waals surface area contributed by atoms with Crippen LogP contribution in [0.2, 0.25) is 0 Å². The molecular formula is C13H15N3O4. The van der Waals surface area contributed by atoms with Crippen LogP contribution >= 0.6 is 0 Å². The fraction of sp³-hybridized carbons (Fsp3) is 0.462. The molecule has 106 valence electrons. The van der Waals surface area contributed by atoms with Gasteiger partial charge in [0, 0.05) is 25.8 Å². The number of rotatable bonds is 5. The van der Waals surface area contributed by atoms with E-state index in [1.165, 1.54) is 12.1 Å². The van der Waals surface area contributed by atoms with E-state index in [0.717, 1.165) is 19.3 Å². The van der Waals surface area contributed by atoms with Gasteiger partial charge in [-0.15, -0.1) is 0 Å². The number of nitrogens with zero attached hydrogens (tertiary/aromatic N) is 2. The Labute approximate surface area is 115 Å². The second kappa shape index (κ2) is 4.75. The van der Waals surface area contributed by atoms with E-state index in [-0.39, 0.29) is 11.3 Å². The predicted octanol–water partition coefficient (Wildman–Crippen LogP) is 2.72. The maximum Gasteiger partial charge on any atom is 0.295 e. The SMILES string of the molecule is COC1(CNc2nc3cc([N+](=O)[O-])ccc3o2)CCC1. The molecule has 3 rings (SSSR count). The van der Waals surface area contributed by atoms with E-state index in [0.29, 0.717) is 23.7 Å². The molecule has 1 fully saturated rings. The lowest BCUT2D eigenvalue weighted by molar-refractivity contribution is -0.384. The molecule has 0 amide bonds. The lowest BCUT2D eigenvalue weighted by Gasteiger charge is -2.40. The number of hydrogen-bond acceptors (Lipinski definition) is 6. The summed E-state index contributed by atoms with van der Waals surface area (Å²) in [6.07, 6.45) is 3.19. The van der Waals surface area contributed by atoms with Crippen molar-refractivity contribution in [1.29, 1.82) is 0 Å². The average Bonchev–Trinajstić information content (AvgIpc) is 2.79. The highest BCUT2D eigenvalue weighted by atomic mass is 16.6. The molecule has 1 aromatic carbocycles. The van der Waals surface area contributed by atoms with Gasteiger partial charge in [0.25, 0.3) is 11.7 Å². The van der Waals surface area contributed by atoms with Crippen molar-refractivity contribution in [3.05, 3.63) is 28.3 Å². The molecule has 0 unspecified atom stereocenters. The standard InChI is InChI=1S/C13H15N3O4/c1-19-13(5-2-6-13)8-14-12-15-10-7-9(16(17)18)3-4-11(10)20-12/h3-4,7H,2,5-6,8H2,1H3,(H,14,15). The van der Waals surface area contributed by atoms with Crippen LogP contribution in [0.1, 0.15) is 19.3 Å². The predicted molar refractivity (Wildman–Crippen MR) is 72.7 cm³/mol. The van der Waals surface area contributed by atoms with Crippen molar-refractivity contribution in [2.24, 2.45) is 0 Å². The topological polar surface area (TPSA) is 90.4 Å². The summed E-state index contributed by atoms with van der Waals surface area (Å²) in [7, 11) is 1.70. The summed E-state index contributed by atoms with van der Waals surface area (Å²) in [5.41, 5.74) is 0.872. The number of nitro groups is 1. The Kier molecular flexibility index (Phi) is 3.06. The van der Waals surface area contributed by atoms with E-state index < -0.39 is 4.92 Å². The molecule has 0 aliphatic heterocycles. The van der Waals surface area contributed by atoms with Gasteiger partial charge in [-0.2, -0.15) is 4.98 Å². The molecular weight excluding hydrogens is 262 g/mol. The van der Waals surface area contributed by atoms with Gasteiger partial charge < -0.3 is 14.5 Å². The number of anilines is 1. The van der Waals surface area contributed by atoms with Gasteiger partial charge in [0.05, 0.1) is 10.5 Å². The van der Waals surface area contributed by atoms with Crippen LogP contribution in [0.15, 0.2) is 22.6 Å². The van der Waals surface area contributed by atoms with Gasteiger partial charge in [-0.3, -0.25) is 10.1 Å². The third kappa shape index (κ3) is 2.20. The van der Waals surface area contributed by atoms with Crippen molar-refractivity contribution in [2.45, 2.75) is 24.9 Å². The Morgan fingerprint density at radius 3 is 2.95 bits per heavy atom. The number of ether oxygens (including phenoxy) is 1. The van der Waals surface area contributed by atoms with Gasteiger partial charge in [0.2, 0.25) is 0 Å². The van der Waals surface area contributed by atoms with E-state index in [2.05, 4.69) is 10.3 Å². The van der Waals surface area contributed by atoms with Crippen LogP contribution in [-0.4, -0.2) is 29.2 Å². The van der Waals surface area contributed by atoms with Gasteiger partial charge in [-0.25, -0.2) is 0 Å². The second-order valence-electron chi connectivity index (χ2n) is 5.02. The fourth-order valence-electron chi connectivity index (χ4n) is 2.37. The second-order valence-corrected chi connectivity index (χ2v) is 5.02. The molecule has 1 heterocycles. The molecule has 1 aromatic heterocycles. The zero-order valence-electron chi connectivity index (χ0n) is 11.1. The van der Waals surface area contributed by atoms with E-state index in [9.17, 15) is 10.1 Å². The fourth-order valence-corrected chi connectivity index (χ4v) is 2.37. The molecule has 2 aromatic rings. The molecule has 20 heavy (non-hydrogen) atoms. The quantitative estimate of drug-likeness (QED) is 0.667. The van der Waals surface area contributed by atoms with Crippen LogP contribution < -0.4 is 5.32 Å². The van der Waals surface area contributed by atoms with Crippen LogP contribution in [0.5, 0.6) is 0 Å². The normalized spacial score (nSPS) is 16.9. The summed E-state index contributed by atoms with van der Waals surface area (Å²) in [6, 6.07) is 4.73. The molecule has 0 radical (unpaired) electrons. The molecule has 1 saturated carbocycles. The molecule has 7 nitrogen and oxygen atoms in total. The number of nitrogens with one attached hydrogen (secondary N) is 1. The minimum atomic E-state index is -0.449. The highest BCUT2D eigenvalue weighted by Gasteiger charge is 2.37. The number of oxazole rings is 1. The average molecular weight is 277 g/mol. The highest BCUT2D eigenvalue weighted by Crippen LogP contribution is 2.35. The Balaban J connectivity index is 1.77. The third-order valence-corrected chi connectivity index (χ3v) is 3.84. The lowest BCUT2D eigenvalue weighted by Crippen LogP contribution is -2.45. The van der Waals surface area contributed by atoms with Crippen molar-refractivity contribution in [2.75, 3.05) is 19.0 Å².